The number of nitrogens with zero attached hydrogens (tertiary/aromatic N) is 5. The van der Waals surface area contributed by atoms with Crippen molar-refractivity contribution in [2.75, 3.05) is 51.7 Å². The second-order valence-corrected chi connectivity index (χ2v) is 10.6. The lowest BCUT2D eigenvalue weighted by atomic mass is 10.1. The second-order valence-electron chi connectivity index (χ2n) is 10.6. The van der Waals surface area contributed by atoms with Crippen LogP contribution in [0.3, 0.4) is 0 Å². The maximum absolute atomic E-state index is 13.3. The monoisotopic (exact) mass is 622 g/mol. The lowest BCUT2D eigenvalue weighted by molar-refractivity contribution is -0.0498. The third kappa shape index (κ3) is 7.29. The molecule has 12 nitrogen and oxygen atoms in total. The summed E-state index contributed by atoms with van der Waals surface area (Å²) in [5, 5.41) is 16.6. The van der Waals surface area contributed by atoms with E-state index in [9.17, 15) is 18.4 Å². The van der Waals surface area contributed by atoms with Crippen LogP contribution >= 0.6 is 0 Å². The normalized spacial score (nSPS) is 16.4. The first-order valence-electron chi connectivity index (χ1n) is 14.6. The predicted molar refractivity (Wildman–Crippen MR) is 165 cm³/mol. The Bertz CT molecular complexity index is 1620. The predicted octanol–water partition coefficient (Wildman–Crippen LogP) is 3.49. The van der Waals surface area contributed by atoms with E-state index in [1.165, 1.54) is 12.1 Å². The minimum absolute atomic E-state index is 0.0628. The number of rotatable bonds is 7. The van der Waals surface area contributed by atoms with E-state index < -0.39 is 6.61 Å². The number of aliphatic hydroxyl groups excluding tert-OH is 1. The van der Waals surface area contributed by atoms with E-state index in [0.29, 0.717) is 43.2 Å². The Morgan fingerprint density at radius 1 is 1.04 bits per heavy atom. The molecular weight excluding hydrogens is 586 g/mol. The number of amides is 3. The molecule has 3 amide bonds. The van der Waals surface area contributed by atoms with Crippen LogP contribution in [0.1, 0.15) is 22.3 Å². The number of fused-ring (bicyclic) bond motifs is 1. The molecule has 4 aromatic rings. The first kappa shape index (κ1) is 31.6. The summed E-state index contributed by atoms with van der Waals surface area (Å²) in [4.78, 5) is 38.5. The number of carbonyl (C=O) groups is 2. The van der Waals surface area contributed by atoms with Gasteiger partial charge in [-0.2, -0.15) is 8.78 Å². The number of benzene rings is 2. The van der Waals surface area contributed by atoms with Gasteiger partial charge in [-0.15, -0.1) is 0 Å². The molecule has 14 heteroatoms. The van der Waals surface area contributed by atoms with Crippen LogP contribution in [0.15, 0.2) is 61.1 Å². The summed E-state index contributed by atoms with van der Waals surface area (Å²) in [5.74, 6) is 0.538. The summed E-state index contributed by atoms with van der Waals surface area (Å²) in [6.45, 7) is 2.65. The van der Waals surface area contributed by atoms with E-state index in [2.05, 4.69) is 30.7 Å². The number of hydrogen-bond acceptors (Lipinski definition) is 8. The summed E-state index contributed by atoms with van der Waals surface area (Å²) >= 11 is 0. The van der Waals surface area contributed by atoms with Gasteiger partial charge in [0.1, 0.15) is 5.75 Å². The van der Waals surface area contributed by atoms with Crippen LogP contribution in [0.4, 0.5) is 25.1 Å². The van der Waals surface area contributed by atoms with Gasteiger partial charge in [-0.05, 0) is 67.9 Å². The zero-order chi connectivity index (χ0) is 31.9. The van der Waals surface area contributed by atoms with Gasteiger partial charge in [0.05, 0.1) is 11.9 Å². The van der Waals surface area contributed by atoms with Crippen molar-refractivity contribution in [3.05, 3.63) is 72.2 Å². The molecule has 2 saturated heterocycles. The highest BCUT2D eigenvalue weighted by molar-refractivity contribution is 5.96. The van der Waals surface area contributed by atoms with Crippen molar-refractivity contribution in [1.29, 1.82) is 0 Å². The van der Waals surface area contributed by atoms with Gasteiger partial charge in [0.15, 0.2) is 11.5 Å². The zero-order valence-electron chi connectivity index (χ0n) is 25.0. The molecule has 2 fully saturated rings. The van der Waals surface area contributed by atoms with Crippen molar-refractivity contribution in [2.24, 2.45) is 0 Å². The molecule has 0 spiro atoms. The first-order valence-corrected chi connectivity index (χ1v) is 14.6. The first-order chi connectivity index (χ1) is 21.9. The van der Waals surface area contributed by atoms with Gasteiger partial charge in [0, 0.05) is 75.1 Å². The van der Waals surface area contributed by atoms with Gasteiger partial charge < -0.3 is 35.6 Å². The highest BCUT2D eigenvalue weighted by Gasteiger charge is 2.27. The van der Waals surface area contributed by atoms with Crippen LogP contribution in [0, 0.1) is 6.92 Å². The summed E-state index contributed by atoms with van der Waals surface area (Å²) in [6.07, 6.45) is 6.03. The van der Waals surface area contributed by atoms with Crippen molar-refractivity contribution < 1.29 is 28.2 Å². The standard InChI is InChI=1S/C30H32F2N8O3.CH4O/c1-19-16-21(4-7-24(19)28(41)38-12-14-39(15-13-38)30(42)37-22-8-9-33-17-22)36-26-27-35-18-25(40(27)11-10-34-26)20-2-5-23(6-3-20)43-29(31)32;1-2/h2-7,10-11,16,18,22,29,33H,8-9,12-15,17H2,1H3,(H,34,36)(H,37,42);2H,1H3/t22-;/m0./s1. The van der Waals surface area contributed by atoms with Crippen LogP contribution in [-0.2, 0) is 0 Å². The Labute approximate surface area is 259 Å². The van der Waals surface area contributed by atoms with E-state index in [1.54, 1.807) is 46.6 Å². The maximum atomic E-state index is 13.3. The molecule has 0 radical (unpaired) electrons. The number of aliphatic hydroxyl groups is 1. The molecule has 4 heterocycles. The van der Waals surface area contributed by atoms with Gasteiger partial charge in [0.25, 0.3) is 5.91 Å². The SMILES string of the molecule is CO.Cc1cc(Nc2nccn3c(-c4ccc(OC(F)F)cc4)cnc23)ccc1C(=O)N1CCN(C(=O)N[C@H]2CCNC2)CC1. The second kappa shape index (κ2) is 14.3. The van der Waals surface area contributed by atoms with E-state index in [4.69, 9.17) is 5.11 Å². The van der Waals surface area contributed by atoms with Gasteiger partial charge in [-0.25, -0.2) is 14.8 Å². The summed E-state index contributed by atoms with van der Waals surface area (Å²) < 4.78 is 31.3. The number of carbonyl (C=O) groups excluding carboxylic acids is 2. The molecule has 238 valence electrons. The molecular formula is C31H36F2N8O4. The number of urea groups is 1. The highest BCUT2D eigenvalue weighted by atomic mass is 19.3. The van der Waals surface area contributed by atoms with Crippen molar-refractivity contribution in [2.45, 2.75) is 26.0 Å². The topological polar surface area (TPSA) is 136 Å². The molecule has 2 aliphatic rings. The molecule has 6 rings (SSSR count). The number of aryl methyl sites for hydroxylation is 1. The van der Waals surface area contributed by atoms with Crippen molar-refractivity contribution in [3.63, 3.8) is 0 Å². The Morgan fingerprint density at radius 3 is 2.44 bits per heavy atom. The Kier molecular flexibility index (Phi) is 10.0. The third-order valence-electron chi connectivity index (χ3n) is 7.76. The molecule has 1 atom stereocenters. The number of anilines is 2. The molecule has 0 aliphatic carbocycles. The fourth-order valence-corrected chi connectivity index (χ4v) is 5.47. The molecule has 2 aliphatic heterocycles. The molecule has 4 N–H and O–H groups in total. The van der Waals surface area contributed by atoms with Gasteiger partial charge in [-0.3, -0.25) is 9.20 Å². The van der Waals surface area contributed by atoms with Crippen molar-refractivity contribution in [1.82, 2.24) is 34.8 Å². The lowest BCUT2D eigenvalue weighted by Gasteiger charge is -2.35. The molecule has 0 bridgehead atoms. The average Bonchev–Trinajstić information content (AvgIpc) is 3.73. The smallest absolute Gasteiger partial charge is 0.387 e. The van der Waals surface area contributed by atoms with Crippen LogP contribution in [-0.4, -0.2) is 100 Å². The molecule has 0 unspecified atom stereocenters. The van der Waals surface area contributed by atoms with Crippen LogP contribution in [0.25, 0.3) is 16.9 Å². The number of nitrogens with one attached hydrogen (secondary N) is 3. The summed E-state index contributed by atoms with van der Waals surface area (Å²) in [7, 11) is 1.00. The fourth-order valence-electron chi connectivity index (χ4n) is 5.47. The van der Waals surface area contributed by atoms with Gasteiger partial charge >= 0.3 is 12.6 Å². The summed E-state index contributed by atoms with van der Waals surface area (Å²) in [6, 6.07) is 12.0. The van der Waals surface area contributed by atoms with E-state index >= 15 is 0 Å². The molecule has 2 aromatic carbocycles. The van der Waals surface area contributed by atoms with E-state index in [0.717, 1.165) is 49.1 Å². The number of ether oxygens (including phenoxy) is 1. The van der Waals surface area contributed by atoms with Crippen LogP contribution in [0.2, 0.25) is 0 Å². The highest BCUT2D eigenvalue weighted by Crippen LogP contribution is 2.28. The number of halogens is 2. The van der Waals surface area contributed by atoms with Gasteiger partial charge in [-0.1, -0.05) is 0 Å². The Morgan fingerprint density at radius 2 is 1.78 bits per heavy atom. The largest absolute Gasteiger partial charge is 0.435 e. The molecule has 0 saturated carbocycles. The molecule has 2 aromatic heterocycles. The van der Waals surface area contributed by atoms with Crippen LogP contribution in [0.5, 0.6) is 5.75 Å². The number of piperazine rings is 1. The molecule has 45 heavy (non-hydrogen) atoms. The zero-order valence-corrected chi connectivity index (χ0v) is 25.0. The van der Waals surface area contributed by atoms with Crippen molar-refractivity contribution >= 4 is 29.1 Å². The number of aromatic nitrogens is 3. The quantitative estimate of drug-likeness (QED) is 0.246. The Balaban J connectivity index is 0.00000196. The minimum Gasteiger partial charge on any atom is -0.435 e. The number of alkyl halides is 2. The number of imidazole rings is 1. The Hall–Kier alpha value is -4.82. The van der Waals surface area contributed by atoms with Crippen molar-refractivity contribution in [3.8, 4) is 17.0 Å². The van der Waals surface area contributed by atoms with Crippen LogP contribution < -0.4 is 20.7 Å². The maximum Gasteiger partial charge on any atom is 0.387 e. The number of hydrogen-bond donors (Lipinski definition) is 4. The minimum atomic E-state index is -2.88. The lowest BCUT2D eigenvalue weighted by Crippen LogP contribution is -2.54. The third-order valence-corrected chi connectivity index (χ3v) is 7.76. The van der Waals surface area contributed by atoms with E-state index in [1.807, 2.05) is 23.5 Å². The average molecular weight is 623 g/mol. The van der Waals surface area contributed by atoms with E-state index in [-0.39, 0.29) is 23.7 Å². The van der Waals surface area contributed by atoms with Gasteiger partial charge in [0.2, 0.25) is 0 Å². The fraction of sp³-hybridized carbons (Fsp3) is 0.355. The summed E-state index contributed by atoms with van der Waals surface area (Å²) in [5.41, 5.74) is 4.27.